The molecule has 2 aromatic heterocycles. The van der Waals surface area contributed by atoms with Gasteiger partial charge >= 0.3 is 0 Å². The highest BCUT2D eigenvalue weighted by Gasteiger charge is 2.15. The number of benzene rings is 8. The average Bonchev–Trinajstić information content (AvgIpc) is 3.54. The SMILES string of the molecule is C/C=C\c1ccc(-c2ccc3cc(-c4ccc5c(c4)nc4c6ccccc6c6ccccc6n54)ccc3c2)c2ccc3ccccc3c12. The molecular formula is C46H30N2. The third-order valence-corrected chi connectivity index (χ3v) is 10.0. The Morgan fingerprint density at radius 2 is 1.15 bits per heavy atom. The Kier molecular flexibility index (Phi) is 5.82. The van der Waals surface area contributed by atoms with Gasteiger partial charge in [-0.05, 0) is 103 Å². The summed E-state index contributed by atoms with van der Waals surface area (Å²) in [7, 11) is 0. The Labute approximate surface area is 277 Å². The molecule has 8 aromatic carbocycles. The van der Waals surface area contributed by atoms with Crippen LogP contribution in [0.4, 0.5) is 0 Å². The van der Waals surface area contributed by atoms with E-state index >= 15 is 0 Å². The van der Waals surface area contributed by atoms with Crippen molar-refractivity contribution in [1.82, 2.24) is 9.38 Å². The van der Waals surface area contributed by atoms with Gasteiger partial charge in [0, 0.05) is 10.8 Å². The summed E-state index contributed by atoms with van der Waals surface area (Å²) in [6.07, 6.45) is 4.34. The van der Waals surface area contributed by atoms with Crippen molar-refractivity contribution in [3.8, 4) is 22.3 Å². The molecule has 0 atom stereocenters. The van der Waals surface area contributed by atoms with Crippen LogP contribution in [0.1, 0.15) is 12.5 Å². The summed E-state index contributed by atoms with van der Waals surface area (Å²) < 4.78 is 2.32. The molecule has 0 aliphatic carbocycles. The highest BCUT2D eigenvalue weighted by Crippen LogP contribution is 2.38. The molecule has 0 saturated carbocycles. The van der Waals surface area contributed by atoms with Gasteiger partial charge in [-0.3, -0.25) is 4.40 Å². The largest absolute Gasteiger partial charge is 0.292 e. The van der Waals surface area contributed by atoms with Gasteiger partial charge in [-0.2, -0.15) is 0 Å². The van der Waals surface area contributed by atoms with Crippen molar-refractivity contribution in [3.05, 3.63) is 163 Å². The van der Waals surface area contributed by atoms with Crippen LogP contribution in [0.3, 0.4) is 0 Å². The molecule has 2 heteroatoms. The standard InChI is InChI=1S/C46H30N2/c1-2-9-30-21-23-36(40-24-20-29-10-3-4-11-37(29)45(30)40)35-19-18-31-26-32(16-17-33(31)27-35)34-22-25-44-42(28-34)47-46-41-14-6-5-12-38(41)39-13-7-8-15-43(39)48(44)46/h2-28H,1H3/b9-2-. The lowest BCUT2D eigenvalue weighted by Gasteiger charge is -2.14. The third kappa shape index (κ3) is 3.96. The number of hydrogen-bond acceptors (Lipinski definition) is 1. The minimum Gasteiger partial charge on any atom is -0.292 e. The van der Waals surface area contributed by atoms with Crippen molar-refractivity contribution in [2.75, 3.05) is 0 Å². The van der Waals surface area contributed by atoms with Crippen LogP contribution >= 0.6 is 0 Å². The van der Waals surface area contributed by atoms with Crippen molar-refractivity contribution in [2.24, 2.45) is 0 Å². The van der Waals surface area contributed by atoms with Crippen LogP contribution in [0.2, 0.25) is 0 Å². The van der Waals surface area contributed by atoms with E-state index in [0.29, 0.717) is 0 Å². The maximum absolute atomic E-state index is 5.21. The van der Waals surface area contributed by atoms with Crippen LogP contribution in [-0.4, -0.2) is 9.38 Å². The van der Waals surface area contributed by atoms with Crippen LogP contribution < -0.4 is 0 Å². The molecule has 2 heterocycles. The first-order chi connectivity index (χ1) is 23.7. The second-order valence-electron chi connectivity index (χ2n) is 12.7. The van der Waals surface area contributed by atoms with Gasteiger partial charge in [-0.1, -0.05) is 133 Å². The van der Waals surface area contributed by atoms with E-state index in [1.807, 2.05) is 0 Å². The molecule has 0 radical (unpaired) electrons. The minimum atomic E-state index is 1.00. The number of allylic oxidation sites excluding steroid dienone is 1. The van der Waals surface area contributed by atoms with Crippen LogP contribution in [0.15, 0.2) is 158 Å². The maximum atomic E-state index is 5.21. The summed E-state index contributed by atoms with van der Waals surface area (Å²) in [6.45, 7) is 2.08. The van der Waals surface area contributed by atoms with Gasteiger partial charge in [0.15, 0.2) is 0 Å². The predicted octanol–water partition coefficient (Wildman–Crippen LogP) is 12.6. The van der Waals surface area contributed by atoms with E-state index in [2.05, 4.69) is 175 Å². The first-order valence-corrected chi connectivity index (χ1v) is 16.6. The number of para-hydroxylation sites is 1. The van der Waals surface area contributed by atoms with Gasteiger partial charge in [-0.15, -0.1) is 0 Å². The molecule has 0 fully saturated rings. The van der Waals surface area contributed by atoms with E-state index in [-0.39, 0.29) is 0 Å². The Balaban J connectivity index is 1.09. The first kappa shape index (κ1) is 26.9. The average molecular weight is 611 g/mol. The molecular weight excluding hydrogens is 581 g/mol. The van der Waals surface area contributed by atoms with Gasteiger partial charge in [0.05, 0.1) is 16.6 Å². The molecule has 48 heavy (non-hydrogen) atoms. The van der Waals surface area contributed by atoms with Crippen LogP contribution in [0.5, 0.6) is 0 Å². The molecule has 0 aliphatic heterocycles. The molecule has 0 aliphatic rings. The summed E-state index contributed by atoms with van der Waals surface area (Å²) in [5, 5.41) is 11.3. The highest BCUT2D eigenvalue weighted by molar-refractivity contribution is 6.16. The zero-order chi connectivity index (χ0) is 31.8. The van der Waals surface area contributed by atoms with E-state index in [0.717, 1.165) is 16.7 Å². The lowest BCUT2D eigenvalue weighted by atomic mass is 9.90. The number of fused-ring (bicyclic) bond motifs is 12. The second kappa shape index (κ2) is 10.4. The van der Waals surface area contributed by atoms with Gasteiger partial charge in [-0.25, -0.2) is 4.98 Å². The number of nitrogens with zero attached hydrogens (tertiary/aromatic N) is 2. The quantitative estimate of drug-likeness (QED) is 0.182. The third-order valence-electron chi connectivity index (χ3n) is 10.0. The summed E-state index contributed by atoms with van der Waals surface area (Å²) in [4.78, 5) is 5.21. The lowest BCUT2D eigenvalue weighted by Crippen LogP contribution is -1.91. The van der Waals surface area contributed by atoms with Crippen molar-refractivity contribution < 1.29 is 0 Å². The predicted molar refractivity (Wildman–Crippen MR) is 206 cm³/mol. The molecule has 0 saturated heterocycles. The molecule has 2 nitrogen and oxygen atoms in total. The van der Waals surface area contributed by atoms with E-state index < -0.39 is 0 Å². The van der Waals surface area contributed by atoms with E-state index in [1.165, 1.54) is 81.8 Å². The Hall–Kier alpha value is -6.25. The molecule has 10 rings (SSSR count). The van der Waals surface area contributed by atoms with Crippen molar-refractivity contribution in [3.63, 3.8) is 0 Å². The van der Waals surface area contributed by atoms with Gasteiger partial charge < -0.3 is 0 Å². The maximum Gasteiger partial charge on any atom is 0.146 e. The van der Waals surface area contributed by atoms with Crippen LogP contribution in [-0.2, 0) is 0 Å². The van der Waals surface area contributed by atoms with Gasteiger partial charge in [0.2, 0.25) is 0 Å². The summed E-state index contributed by atoms with van der Waals surface area (Å²) >= 11 is 0. The highest BCUT2D eigenvalue weighted by atomic mass is 15.0. The van der Waals surface area contributed by atoms with Gasteiger partial charge in [0.25, 0.3) is 0 Å². The van der Waals surface area contributed by atoms with E-state index in [4.69, 9.17) is 4.98 Å². The molecule has 224 valence electrons. The molecule has 0 spiro atoms. The fourth-order valence-corrected chi connectivity index (χ4v) is 7.81. The van der Waals surface area contributed by atoms with Crippen molar-refractivity contribution >= 4 is 76.7 Å². The number of hydrogen-bond donors (Lipinski definition) is 0. The minimum absolute atomic E-state index is 1.00. The van der Waals surface area contributed by atoms with Crippen LogP contribution in [0, 0.1) is 0 Å². The number of rotatable bonds is 3. The topological polar surface area (TPSA) is 17.3 Å². The Morgan fingerprint density at radius 1 is 0.479 bits per heavy atom. The fraction of sp³-hybridized carbons (Fsp3) is 0.0217. The smallest absolute Gasteiger partial charge is 0.146 e. The molecule has 0 N–H and O–H groups in total. The van der Waals surface area contributed by atoms with E-state index in [9.17, 15) is 0 Å². The van der Waals surface area contributed by atoms with Gasteiger partial charge in [0.1, 0.15) is 5.65 Å². The normalized spacial score (nSPS) is 12.2. The summed E-state index contributed by atoms with van der Waals surface area (Å²) in [5.41, 5.74) is 10.4. The van der Waals surface area contributed by atoms with Crippen molar-refractivity contribution in [1.29, 1.82) is 0 Å². The zero-order valence-electron chi connectivity index (χ0n) is 26.5. The van der Waals surface area contributed by atoms with Crippen molar-refractivity contribution in [2.45, 2.75) is 6.92 Å². The lowest BCUT2D eigenvalue weighted by molar-refractivity contribution is 1.31. The van der Waals surface area contributed by atoms with Crippen LogP contribution in [0.25, 0.3) is 99.0 Å². The second-order valence-corrected chi connectivity index (χ2v) is 12.7. The zero-order valence-corrected chi connectivity index (χ0v) is 26.5. The Morgan fingerprint density at radius 3 is 2.00 bits per heavy atom. The molecule has 0 unspecified atom stereocenters. The summed E-state index contributed by atoms with van der Waals surface area (Å²) in [6, 6.07) is 55.4. The van der Waals surface area contributed by atoms with E-state index in [1.54, 1.807) is 0 Å². The number of imidazole rings is 1. The fourth-order valence-electron chi connectivity index (χ4n) is 7.81. The Bertz CT molecular complexity index is 2960. The number of pyridine rings is 1. The first-order valence-electron chi connectivity index (χ1n) is 16.6. The molecule has 0 bridgehead atoms. The molecule has 10 aromatic rings. The monoisotopic (exact) mass is 610 g/mol. The molecule has 0 amide bonds. The number of aromatic nitrogens is 2. The summed E-state index contributed by atoms with van der Waals surface area (Å²) in [5.74, 6) is 0.